The number of rotatable bonds is 3. The van der Waals surface area contributed by atoms with E-state index in [1.54, 1.807) is 11.4 Å². The molecule has 1 aromatic carbocycles. The Kier molecular flexibility index (Phi) is 4.22. The molecule has 2 atom stereocenters. The first-order valence-electron chi connectivity index (χ1n) is 6.29. The summed E-state index contributed by atoms with van der Waals surface area (Å²) in [4.78, 5) is 11.9. The number of benzene rings is 1. The standard InChI is InChI=1S/C13H12F6N2O/c14-12(15,16)10-7-20-11(21-10,13(17,18)19)6-9(22)8-4-2-1-3-5-8/h1-5,10,20-21H,6-7H2. The first-order valence-corrected chi connectivity index (χ1v) is 6.29. The van der Waals surface area contributed by atoms with Gasteiger partial charge in [-0.3, -0.25) is 15.4 Å². The molecule has 0 aliphatic carbocycles. The summed E-state index contributed by atoms with van der Waals surface area (Å²) >= 11 is 0. The molecule has 122 valence electrons. The average molecular weight is 326 g/mol. The summed E-state index contributed by atoms with van der Waals surface area (Å²) in [7, 11) is 0. The van der Waals surface area contributed by atoms with E-state index in [9.17, 15) is 31.1 Å². The lowest BCUT2D eigenvalue weighted by Crippen LogP contribution is -2.63. The molecule has 0 bridgehead atoms. The van der Waals surface area contributed by atoms with Crippen molar-refractivity contribution < 1.29 is 31.1 Å². The van der Waals surface area contributed by atoms with Crippen molar-refractivity contribution in [3.8, 4) is 0 Å². The first kappa shape index (κ1) is 16.8. The van der Waals surface area contributed by atoms with Crippen LogP contribution in [0.3, 0.4) is 0 Å². The van der Waals surface area contributed by atoms with E-state index < -0.39 is 42.8 Å². The van der Waals surface area contributed by atoms with E-state index in [1.165, 1.54) is 29.6 Å². The quantitative estimate of drug-likeness (QED) is 0.663. The summed E-state index contributed by atoms with van der Waals surface area (Å²) in [6.07, 6.45) is -11.1. The van der Waals surface area contributed by atoms with E-state index in [2.05, 4.69) is 0 Å². The van der Waals surface area contributed by atoms with E-state index in [4.69, 9.17) is 0 Å². The second-order valence-electron chi connectivity index (χ2n) is 4.99. The molecule has 0 aromatic heterocycles. The molecule has 2 N–H and O–H groups in total. The Balaban J connectivity index is 2.24. The second-order valence-corrected chi connectivity index (χ2v) is 4.99. The van der Waals surface area contributed by atoms with E-state index in [0.717, 1.165) is 0 Å². The number of Topliss-reactive ketones (excluding diaryl/α,β-unsaturated/α-hetero) is 1. The van der Waals surface area contributed by atoms with Crippen LogP contribution in [0.5, 0.6) is 0 Å². The van der Waals surface area contributed by atoms with Gasteiger partial charge in [0.05, 0.1) is 6.42 Å². The molecule has 1 aromatic rings. The number of hydrogen-bond donors (Lipinski definition) is 2. The van der Waals surface area contributed by atoms with Gasteiger partial charge in [-0.05, 0) is 0 Å². The van der Waals surface area contributed by atoms with Crippen molar-refractivity contribution in [3.63, 3.8) is 0 Å². The Hall–Kier alpha value is -1.61. The summed E-state index contributed by atoms with van der Waals surface area (Å²) in [5.74, 6) is -0.902. The molecule has 2 unspecified atom stereocenters. The highest BCUT2D eigenvalue weighted by atomic mass is 19.4. The van der Waals surface area contributed by atoms with Crippen molar-refractivity contribution in [2.24, 2.45) is 0 Å². The van der Waals surface area contributed by atoms with Crippen LogP contribution in [0.1, 0.15) is 16.8 Å². The van der Waals surface area contributed by atoms with Gasteiger partial charge in [-0.15, -0.1) is 0 Å². The summed E-state index contributed by atoms with van der Waals surface area (Å²) in [6, 6.07) is 4.74. The van der Waals surface area contributed by atoms with Crippen LogP contribution in [0.2, 0.25) is 0 Å². The maximum Gasteiger partial charge on any atom is 0.420 e. The highest BCUT2D eigenvalue weighted by molar-refractivity contribution is 5.96. The fraction of sp³-hybridized carbons (Fsp3) is 0.462. The van der Waals surface area contributed by atoms with Gasteiger partial charge >= 0.3 is 12.4 Å². The van der Waals surface area contributed by atoms with Crippen molar-refractivity contribution in [1.82, 2.24) is 10.6 Å². The number of nitrogens with one attached hydrogen (secondary N) is 2. The summed E-state index contributed by atoms with van der Waals surface area (Å²) in [5.41, 5.74) is -3.08. The summed E-state index contributed by atoms with van der Waals surface area (Å²) < 4.78 is 77.4. The van der Waals surface area contributed by atoms with Crippen LogP contribution in [0, 0.1) is 0 Å². The lowest BCUT2D eigenvalue weighted by atomic mass is 9.98. The minimum atomic E-state index is -5.06. The largest absolute Gasteiger partial charge is 0.420 e. The number of ketones is 1. The molecule has 22 heavy (non-hydrogen) atoms. The van der Waals surface area contributed by atoms with Gasteiger partial charge in [-0.1, -0.05) is 30.3 Å². The smallest absolute Gasteiger partial charge is 0.294 e. The topological polar surface area (TPSA) is 41.1 Å². The normalized spacial score (nSPS) is 26.2. The van der Waals surface area contributed by atoms with Gasteiger partial charge in [0.1, 0.15) is 6.04 Å². The maximum absolute atomic E-state index is 13.2. The molecule has 1 saturated heterocycles. The molecular weight excluding hydrogens is 314 g/mol. The van der Waals surface area contributed by atoms with Crippen LogP contribution in [0.25, 0.3) is 0 Å². The molecule has 1 aliphatic heterocycles. The predicted molar refractivity (Wildman–Crippen MR) is 65.2 cm³/mol. The Morgan fingerprint density at radius 2 is 1.73 bits per heavy atom. The van der Waals surface area contributed by atoms with Gasteiger partial charge in [0.2, 0.25) is 0 Å². The van der Waals surface area contributed by atoms with Gasteiger partial charge < -0.3 is 0 Å². The van der Waals surface area contributed by atoms with Crippen LogP contribution in [0.4, 0.5) is 26.3 Å². The molecule has 3 nitrogen and oxygen atoms in total. The molecular formula is C13H12F6N2O. The van der Waals surface area contributed by atoms with Crippen LogP contribution in [-0.2, 0) is 0 Å². The minimum Gasteiger partial charge on any atom is -0.294 e. The van der Waals surface area contributed by atoms with Gasteiger partial charge in [0.15, 0.2) is 11.4 Å². The average Bonchev–Trinajstić information content (AvgIpc) is 2.85. The first-order chi connectivity index (χ1) is 10.1. The third kappa shape index (κ3) is 3.25. The molecule has 9 heteroatoms. The van der Waals surface area contributed by atoms with Crippen LogP contribution >= 0.6 is 0 Å². The Bertz CT molecular complexity index is 542. The lowest BCUT2D eigenvalue weighted by molar-refractivity contribution is -0.206. The van der Waals surface area contributed by atoms with Crippen LogP contribution in [-0.4, -0.2) is 36.4 Å². The molecule has 0 spiro atoms. The van der Waals surface area contributed by atoms with Crippen LogP contribution in [0.15, 0.2) is 30.3 Å². The Labute approximate surface area is 121 Å². The number of carbonyl (C=O) groups is 1. The SMILES string of the molecule is O=C(CC1(C(F)(F)F)NCC(C(F)(F)F)N1)c1ccccc1. The summed E-state index contributed by atoms with van der Waals surface area (Å²) in [5, 5.41) is 3.29. The van der Waals surface area contributed by atoms with Gasteiger partial charge in [-0.2, -0.15) is 26.3 Å². The molecule has 0 amide bonds. The maximum atomic E-state index is 13.2. The van der Waals surface area contributed by atoms with Crippen molar-refractivity contribution >= 4 is 5.78 Å². The Morgan fingerprint density at radius 1 is 1.14 bits per heavy atom. The van der Waals surface area contributed by atoms with Crippen LogP contribution < -0.4 is 10.6 Å². The molecule has 0 saturated carbocycles. The molecule has 1 heterocycles. The third-order valence-corrected chi connectivity index (χ3v) is 3.43. The van der Waals surface area contributed by atoms with Crippen molar-refractivity contribution in [3.05, 3.63) is 35.9 Å². The van der Waals surface area contributed by atoms with Gasteiger partial charge in [-0.25, -0.2) is 0 Å². The molecule has 0 radical (unpaired) electrons. The number of hydrogen-bond acceptors (Lipinski definition) is 3. The van der Waals surface area contributed by atoms with Crippen molar-refractivity contribution in [2.45, 2.75) is 30.5 Å². The number of carbonyl (C=O) groups excluding carboxylic acids is 1. The molecule has 1 aliphatic rings. The monoisotopic (exact) mass is 326 g/mol. The zero-order chi connectivity index (χ0) is 16.6. The highest BCUT2D eigenvalue weighted by Gasteiger charge is 2.62. The fourth-order valence-corrected chi connectivity index (χ4v) is 2.24. The second kappa shape index (κ2) is 5.54. The number of alkyl halides is 6. The predicted octanol–water partition coefficient (Wildman–Crippen LogP) is 2.64. The van der Waals surface area contributed by atoms with Crippen molar-refractivity contribution in [2.75, 3.05) is 6.54 Å². The van der Waals surface area contributed by atoms with Gasteiger partial charge in [0, 0.05) is 12.1 Å². The zero-order valence-corrected chi connectivity index (χ0v) is 11.1. The molecule has 2 rings (SSSR count). The fourth-order valence-electron chi connectivity index (χ4n) is 2.24. The minimum absolute atomic E-state index is 0.00480. The third-order valence-electron chi connectivity index (χ3n) is 3.43. The molecule has 1 fully saturated rings. The zero-order valence-electron chi connectivity index (χ0n) is 11.1. The lowest BCUT2D eigenvalue weighted by Gasteiger charge is -2.32. The van der Waals surface area contributed by atoms with E-state index in [0.29, 0.717) is 0 Å². The Morgan fingerprint density at radius 3 is 2.18 bits per heavy atom. The van der Waals surface area contributed by atoms with E-state index in [1.807, 2.05) is 0 Å². The van der Waals surface area contributed by atoms with E-state index >= 15 is 0 Å². The van der Waals surface area contributed by atoms with Crippen molar-refractivity contribution in [1.29, 1.82) is 0 Å². The summed E-state index contributed by atoms with van der Waals surface area (Å²) in [6.45, 7) is -0.953. The van der Waals surface area contributed by atoms with E-state index in [-0.39, 0.29) is 5.56 Å². The highest BCUT2D eigenvalue weighted by Crippen LogP contribution is 2.37. The number of halogens is 6. The van der Waals surface area contributed by atoms with Gasteiger partial charge in [0.25, 0.3) is 0 Å².